The average Bonchev–Trinajstić information content (AvgIpc) is 3.07. The van der Waals surface area contributed by atoms with Crippen LogP contribution in [0.4, 0.5) is 5.00 Å². The number of methoxy groups -OCH3 is 1. The van der Waals surface area contributed by atoms with Crippen molar-refractivity contribution in [3.05, 3.63) is 45.8 Å². The number of amides is 1. The van der Waals surface area contributed by atoms with Gasteiger partial charge in [0.15, 0.2) is 0 Å². The van der Waals surface area contributed by atoms with Crippen LogP contribution < -0.4 is 10.1 Å². The molecule has 0 radical (unpaired) electrons. The van der Waals surface area contributed by atoms with E-state index in [0.29, 0.717) is 16.3 Å². The molecule has 6 heteroatoms. The summed E-state index contributed by atoms with van der Waals surface area (Å²) in [6.07, 6.45) is 2.63. The molecule has 5 nitrogen and oxygen atoms in total. The minimum absolute atomic E-state index is 0.244. The van der Waals surface area contributed by atoms with Crippen LogP contribution in [-0.4, -0.2) is 24.1 Å². The Balaban J connectivity index is 1.90. The summed E-state index contributed by atoms with van der Waals surface area (Å²) < 4.78 is 5.10. The lowest BCUT2D eigenvalue weighted by Gasteiger charge is -2.07. The number of ether oxygens (including phenoxy) is 1. The zero-order valence-corrected chi connectivity index (χ0v) is 12.8. The number of rotatable bonds is 4. The summed E-state index contributed by atoms with van der Waals surface area (Å²) in [4.78, 5) is 24.9. The maximum Gasteiger partial charge on any atom is 0.339 e. The first-order valence-corrected chi connectivity index (χ1v) is 7.75. The Morgan fingerprint density at radius 3 is 2.86 bits per heavy atom. The Morgan fingerprint density at radius 2 is 2.14 bits per heavy atom. The van der Waals surface area contributed by atoms with Crippen LogP contribution in [0.15, 0.2) is 24.3 Å². The fraction of sp³-hybridized carbons (Fsp3) is 0.250. The van der Waals surface area contributed by atoms with Gasteiger partial charge in [0.2, 0.25) is 0 Å². The van der Waals surface area contributed by atoms with Crippen LogP contribution in [0.3, 0.4) is 0 Å². The van der Waals surface area contributed by atoms with Crippen molar-refractivity contribution in [3.63, 3.8) is 0 Å². The minimum Gasteiger partial charge on any atom is -0.497 e. The van der Waals surface area contributed by atoms with Gasteiger partial charge in [-0.05, 0) is 43.0 Å². The second kappa shape index (κ2) is 5.81. The largest absolute Gasteiger partial charge is 0.497 e. The van der Waals surface area contributed by atoms with Crippen LogP contribution in [0.2, 0.25) is 0 Å². The number of hydrogen-bond donors (Lipinski definition) is 2. The molecule has 22 heavy (non-hydrogen) atoms. The number of nitrogens with one attached hydrogen (secondary N) is 1. The summed E-state index contributed by atoms with van der Waals surface area (Å²) in [6.45, 7) is 0. The smallest absolute Gasteiger partial charge is 0.339 e. The zero-order chi connectivity index (χ0) is 15.7. The molecule has 0 atom stereocenters. The lowest BCUT2D eigenvalue weighted by atomic mass is 10.1. The Bertz CT molecular complexity index is 751. The lowest BCUT2D eigenvalue weighted by Crippen LogP contribution is -2.13. The van der Waals surface area contributed by atoms with E-state index in [1.54, 1.807) is 24.3 Å². The van der Waals surface area contributed by atoms with E-state index in [1.807, 2.05) is 0 Å². The summed E-state index contributed by atoms with van der Waals surface area (Å²) in [7, 11) is 1.53. The molecule has 0 saturated heterocycles. The Hall–Kier alpha value is -2.34. The zero-order valence-electron chi connectivity index (χ0n) is 12.0. The van der Waals surface area contributed by atoms with Crippen LogP contribution in [0.1, 0.15) is 37.6 Å². The van der Waals surface area contributed by atoms with E-state index in [4.69, 9.17) is 4.74 Å². The highest BCUT2D eigenvalue weighted by Gasteiger charge is 2.27. The van der Waals surface area contributed by atoms with Crippen molar-refractivity contribution in [2.45, 2.75) is 19.3 Å². The predicted molar refractivity (Wildman–Crippen MR) is 84.3 cm³/mol. The molecule has 1 aromatic heterocycles. The van der Waals surface area contributed by atoms with Crippen LogP contribution in [-0.2, 0) is 12.8 Å². The predicted octanol–water partition coefficient (Wildman–Crippen LogP) is 3.20. The summed E-state index contributed by atoms with van der Waals surface area (Å²) in [5.74, 6) is -0.735. The van der Waals surface area contributed by atoms with E-state index in [-0.39, 0.29) is 11.5 Å². The molecule has 1 aliphatic rings. The van der Waals surface area contributed by atoms with E-state index in [2.05, 4.69) is 5.32 Å². The Kier molecular flexibility index (Phi) is 3.85. The molecule has 0 spiro atoms. The number of carboxylic acids is 1. The van der Waals surface area contributed by atoms with Gasteiger partial charge in [0.25, 0.3) is 5.91 Å². The van der Waals surface area contributed by atoms with Crippen LogP contribution in [0.5, 0.6) is 5.75 Å². The third-order valence-electron chi connectivity index (χ3n) is 3.69. The molecule has 1 aliphatic carbocycles. The van der Waals surface area contributed by atoms with Crippen molar-refractivity contribution in [2.75, 3.05) is 12.4 Å². The molecular formula is C16H15NO4S. The normalized spacial score (nSPS) is 12.8. The third kappa shape index (κ3) is 2.57. The monoisotopic (exact) mass is 317 g/mol. The number of fused-ring (bicyclic) bond motifs is 1. The minimum atomic E-state index is -0.986. The standard InChI is InChI=1S/C16H15NO4S/c1-21-10-5-2-4-9(8-10)14(18)17-15-13(16(19)20)11-6-3-7-12(11)22-15/h2,4-5,8H,3,6-7H2,1H3,(H,17,18)(H,19,20). The maximum absolute atomic E-state index is 12.3. The number of thiophene rings is 1. The summed E-state index contributed by atoms with van der Waals surface area (Å²) in [5.41, 5.74) is 1.55. The highest BCUT2D eigenvalue weighted by Crippen LogP contribution is 2.39. The molecule has 0 unspecified atom stereocenters. The molecule has 1 amide bonds. The molecule has 114 valence electrons. The number of hydrogen-bond acceptors (Lipinski definition) is 4. The molecule has 1 aromatic carbocycles. The van der Waals surface area contributed by atoms with E-state index in [0.717, 1.165) is 29.7 Å². The Labute approximate surface area is 131 Å². The van der Waals surface area contributed by atoms with E-state index in [9.17, 15) is 14.7 Å². The van der Waals surface area contributed by atoms with Gasteiger partial charge in [-0.1, -0.05) is 6.07 Å². The molecule has 0 fully saturated rings. The van der Waals surface area contributed by atoms with Crippen molar-refractivity contribution in [1.82, 2.24) is 0 Å². The molecule has 0 bridgehead atoms. The van der Waals surface area contributed by atoms with Gasteiger partial charge in [0, 0.05) is 10.4 Å². The number of carboxylic acid groups (broad SMARTS) is 1. The van der Waals surface area contributed by atoms with Crippen LogP contribution in [0.25, 0.3) is 0 Å². The molecule has 0 saturated carbocycles. The van der Waals surface area contributed by atoms with Gasteiger partial charge in [0.1, 0.15) is 10.8 Å². The highest BCUT2D eigenvalue weighted by atomic mass is 32.1. The van der Waals surface area contributed by atoms with Gasteiger partial charge in [0.05, 0.1) is 12.7 Å². The van der Waals surface area contributed by atoms with Crippen molar-refractivity contribution < 1.29 is 19.4 Å². The van der Waals surface area contributed by atoms with Crippen molar-refractivity contribution in [2.24, 2.45) is 0 Å². The number of carbonyl (C=O) groups is 2. The van der Waals surface area contributed by atoms with Gasteiger partial charge in [-0.15, -0.1) is 11.3 Å². The lowest BCUT2D eigenvalue weighted by molar-refractivity contribution is 0.0697. The van der Waals surface area contributed by atoms with E-state index < -0.39 is 5.97 Å². The number of aryl methyl sites for hydroxylation is 1. The molecule has 1 heterocycles. The summed E-state index contributed by atoms with van der Waals surface area (Å²) in [5, 5.41) is 12.6. The first kappa shape index (κ1) is 14.6. The summed E-state index contributed by atoms with van der Waals surface area (Å²) >= 11 is 1.37. The van der Waals surface area contributed by atoms with Crippen LogP contribution in [0, 0.1) is 0 Å². The van der Waals surface area contributed by atoms with Gasteiger partial charge >= 0.3 is 5.97 Å². The highest BCUT2D eigenvalue weighted by molar-refractivity contribution is 7.17. The second-order valence-electron chi connectivity index (χ2n) is 5.05. The fourth-order valence-corrected chi connectivity index (χ4v) is 3.93. The molecule has 2 N–H and O–H groups in total. The van der Waals surface area contributed by atoms with Gasteiger partial charge < -0.3 is 15.2 Å². The first-order chi connectivity index (χ1) is 10.6. The molecule has 3 rings (SSSR count). The first-order valence-electron chi connectivity index (χ1n) is 6.93. The Morgan fingerprint density at radius 1 is 1.32 bits per heavy atom. The number of aromatic carboxylic acids is 1. The van der Waals surface area contributed by atoms with Gasteiger partial charge in [-0.2, -0.15) is 0 Å². The van der Waals surface area contributed by atoms with Crippen molar-refractivity contribution in [1.29, 1.82) is 0 Å². The fourth-order valence-electron chi connectivity index (χ4n) is 2.66. The second-order valence-corrected chi connectivity index (χ2v) is 6.16. The molecular weight excluding hydrogens is 302 g/mol. The average molecular weight is 317 g/mol. The van der Waals surface area contributed by atoms with E-state index in [1.165, 1.54) is 18.4 Å². The number of benzene rings is 1. The van der Waals surface area contributed by atoms with Crippen LogP contribution >= 0.6 is 11.3 Å². The SMILES string of the molecule is COc1cccc(C(=O)Nc2sc3c(c2C(=O)O)CCC3)c1. The van der Waals surface area contributed by atoms with Gasteiger partial charge in [-0.25, -0.2) is 4.79 Å². The quantitative estimate of drug-likeness (QED) is 0.908. The third-order valence-corrected chi connectivity index (χ3v) is 4.90. The van der Waals surface area contributed by atoms with Crippen molar-refractivity contribution >= 4 is 28.2 Å². The van der Waals surface area contributed by atoms with E-state index >= 15 is 0 Å². The summed E-state index contributed by atoms with van der Waals surface area (Å²) in [6, 6.07) is 6.76. The number of carbonyl (C=O) groups excluding carboxylic acids is 1. The maximum atomic E-state index is 12.3. The molecule has 0 aliphatic heterocycles. The van der Waals surface area contributed by atoms with Crippen molar-refractivity contribution in [3.8, 4) is 5.75 Å². The van der Waals surface area contributed by atoms with Gasteiger partial charge in [-0.3, -0.25) is 4.79 Å². The topological polar surface area (TPSA) is 75.6 Å². The molecule has 2 aromatic rings. The number of anilines is 1.